The lowest BCUT2D eigenvalue weighted by molar-refractivity contribution is -0.134. The summed E-state index contributed by atoms with van der Waals surface area (Å²) in [5.74, 6) is -0.360. The zero-order valence-corrected chi connectivity index (χ0v) is 9.66. The Morgan fingerprint density at radius 2 is 2.31 bits per heavy atom. The first kappa shape index (κ1) is 11.3. The molecule has 1 saturated heterocycles. The largest absolute Gasteiger partial charge is 0.466 e. The summed E-state index contributed by atoms with van der Waals surface area (Å²) in [5.41, 5.74) is 0.949. The number of hydrogen-bond donors (Lipinski definition) is 0. The van der Waals surface area contributed by atoms with Gasteiger partial charge in [-0.2, -0.15) is 0 Å². The molecule has 2 rings (SSSR count). The number of hydrogen-bond acceptors (Lipinski definition) is 5. The summed E-state index contributed by atoms with van der Waals surface area (Å²) in [6, 6.07) is 1.94. The third-order valence-corrected chi connectivity index (χ3v) is 3.08. The summed E-state index contributed by atoms with van der Waals surface area (Å²) < 4.78 is 15.2. The maximum Gasteiger partial charge on any atom is 0.330 e. The van der Waals surface area contributed by atoms with Crippen LogP contribution in [0.15, 0.2) is 17.5 Å². The van der Waals surface area contributed by atoms with Gasteiger partial charge in [0.2, 0.25) is 0 Å². The molecule has 0 spiro atoms. The minimum absolute atomic E-state index is 0.245. The Hall–Kier alpha value is -1.17. The Morgan fingerprint density at radius 1 is 1.56 bits per heavy atom. The normalized spacial score (nSPS) is 17.1. The van der Waals surface area contributed by atoms with Crippen molar-refractivity contribution in [1.82, 2.24) is 0 Å². The number of carbonyl (C=O) groups is 1. The Kier molecular flexibility index (Phi) is 3.71. The van der Waals surface area contributed by atoms with Gasteiger partial charge in [0.25, 0.3) is 0 Å². The van der Waals surface area contributed by atoms with Crippen LogP contribution in [0.25, 0.3) is 6.08 Å². The number of rotatable bonds is 3. The van der Waals surface area contributed by atoms with Crippen molar-refractivity contribution in [2.45, 2.75) is 6.29 Å². The molecule has 0 aromatic carbocycles. The predicted octanol–water partition coefficient (Wildman–Crippen LogP) is 1.98. The van der Waals surface area contributed by atoms with Crippen LogP contribution in [0.2, 0.25) is 0 Å². The molecule has 1 aliphatic rings. The Morgan fingerprint density at radius 3 is 3.00 bits per heavy atom. The summed E-state index contributed by atoms with van der Waals surface area (Å²) >= 11 is 1.55. The van der Waals surface area contributed by atoms with Gasteiger partial charge in [-0.1, -0.05) is 0 Å². The molecule has 5 heteroatoms. The van der Waals surface area contributed by atoms with Gasteiger partial charge in [0.05, 0.1) is 25.2 Å². The lowest BCUT2D eigenvalue weighted by atomic mass is 10.3. The number of thiophene rings is 1. The van der Waals surface area contributed by atoms with Gasteiger partial charge in [-0.15, -0.1) is 11.3 Å². The van der Waals surface area contributed by atoms with Gasteiger partial charge in [0, 0.05) is 6.08 Å². The quantitative estimate of drug-likeness (QED) is 0.598. The van der Waals surface area contributed by atoms with Crippen molar-refractivity contribution in [1.29, 1.82) is 0 Å². The van der Waals surface area contributed by atoms with Crippen molar-refractivity contribution < 1.29 is 19.0 Å². The maximum atomic E-state index is 10.9. The summed E-state index contributed by atoms with van der Waals surface area (Å²) in [6.07, 6.45) is 2.86. The highest BCUT2D eigenvalue weighted by Gasteiger charge is 2.19. The molecule has 16 heavy (non-hydrogen) atoms. The van der Waals surface area contributed by atoms with Gasteiger partial charge in [-0.05, 0) is 23.1 Å². The minimum Gasteiger partial charge on any atom is -0.466 e. The lowest BCUT2D eigenvalue weighted by Crippen LogP contribution is -1.94. The minimum atomic E-state index is -0.360. The van der Waals surface area contributed by atoms with E-state index in [0.717, 1.165) is 10.4 Å². The number of ether oxygens (including phenoxy) is 3. The molecule has 0 unspecified atom stereocenters. The molecule has 2 heterocycles. The Bertz CT molecular complexity index is 390. The van der Waals surface area contributed by atoms with Crippen LogP contribution in [0.4, 0.5) is 0 Å². The van der Waals surface area contributed by atoms with E-state index in [0.29, 0.717) is 13.2 Å². The van der Waals surface area contributed by atoms with Crippen molar-refractivity contribution in [3.05, 3.63) is 28.0 Å². The molecule has 4 nitrogen and oxygen atoms in total. The summed E-state index contributed by atoms with van der Waals surface area (Å²) in [4.78, 5) is 11.9. The molecule has 1 aliphatic heterocycles. The lowest BCUT2D eigenvalue weighted by Gasteiger charge is -2.04. The van der Waals surface area contributed by atoms with Crippen LogP contribution in [0.1, 0.15) is 16.7 Å². The molecular weight excluding hydrogens is 228 g/mol. The second-order valence-corrected chi connectivity index (χ2v) is 4.16. The Labute approximate surface area is 97.4 Å². The van der Waals surface area contributed by atoms with Crippen LogP contribution >= 0.6 is 11.3 Å². The highest BCUT2D eigenvalue weighted by Crippen LogP contribution is 2.29. The first-order chi connectivity index (χ1) is 7.79. The number of methoxy groups -OCH3 is 1. The Balaban J connectivity index is 2.01. The van der Waals surface area contributed by atoms with E-state index < -0.39 is 0 Å². The second kappa shape index (κ2) is 5.25. The van der Waals surface area contributed by atoms with Crippen LogP contribution in [0.3, 0.4) is 0 Å². The SMILES string of the molecule is COC(=O)C=Cc1csc(C2OCCO2)c1. The van der Waals surface area contributed by atoms with E-state index in [9.17, 15) is 4.79 Å². The summed E-state index contributed by atoms with van der Waals surface area (Å²) in [7, 11) is 1.35. The van der Waals surface area contributed by atoms with E-state index in [4.69, 9.17) is 9.47 Å². The van der Waals surface area contributed by atoms with Gasteiger partial charge < -0.3 is 14.2 Å². The first-order valence-corrected chi connectivity index (χ1v) is 5.75. The smallest absolute Gasteiger partial charge is 0.330 e. The van der Waals surface area contributed by atoms with Crippen molar-refractivity contribution >= 4 is 23.4 Å². The van der Waals surface area contributed by atoms with Crippen molar-refractivity contribution in [2.75, 3.05) is 20.3 Å². The van der Waals surface area contributed by atoms with Gasteiger partial charge in [-0.25, -0.2) is 4.79 Å². The van der Waals surface area contributed by atoms with Crippen molar-refractivity contribution in [3.63, 3.8) is 0 Å². The average Bonchev–Trinajstić information content (AvgIpc) is 2.95. The predicted molar refractivity (Wildman–Crippen MR) is 60.0 cm³/mol. The molecule has 0 bridgehead atoms. The maximum absolute atomic E-state index is 10.9. The van der Waals surface area contributed by atoms with Crippen LogP contribution in [0.5, 0.6) is 0 Å². The van der Waals surface area contributed by atoms with E-state index >= 15 is 0 Å². The highest BCUT2D eigenvalue weighted by atomic mass is 32.1. The van der Waals surface area contributed by atoms with Gasteiger partial charge in [-0.3, -0.25) is 0 Å². The standard InChI is InChI=1S/C11H12O4S/c1-13-10(12)3-2-8-6-9(16-7-8)11-14-4-5-15-11/h2-3,6-7,11H,4-5H2,1H3. The highest BCUT2D eigenvalue weighted by molar-refractivity contribution is 7.10. The zero-order chi connectivity index (χ0) is 11.4. The van der Waals surface area contributed by atoms with Crippen LogP contribution in [0, 0.1) is 0 Å². The van der Waals surface area contributed by atoms with Gasteiger partial charge >= 0.3 is 5.97 Å². The molecule has 0 aliphatic carbocycles. The third-order valence-electron chi connectivity index (χ3n) is 2.11. The topological polar surface area (TPSA) is 44.8 Å². The fourth-order valence-electron chi connectivity index (χ4n) is 1.33. The van der Waals surface area contributed by atoms with E-state index in [1.807, 2.05) is 11.4 Å². The first-order valence-electron chi connectivity index (χ1n) is 4.87. The summed E-state index contributed by atoms with van der Waals surface area (Å²) in [6.45, 7) is 1.27. The summed E-state index contributed by atoms with van der Waals surface area (Å²) in [5, 5.41) is 1.94. The second-order valence-electron chi connectivity index (χ2n) is 3.21. The van der Waals surface area contributed by atoms with Crippen LogP contribution in [-0.2, 0) is 19.0 Å². The molecule has 0 N–H and O–H groups in total. The molecule has 0 saturated carbocycles. The van der Waals surface area contributed by atoms with Crippen LogP contribution in [-0.4, -0.2) is 26.3 Å². The van der Waals surface area contributed by atoms with Crippen molar-refractivity contribution in [3.8, 4) is 0 Å². The molecule has 1 aromatic heterocycles. The average molecular weight is 240 g/mol. The molecule has 0 amide bonds. The third kappa shape index (κ3) is 2.69. The van der Waals surface area contributed by atoms with E-state index in [-0.39, 0.29) is 12.3 Å². The van der Waals surface area contributed by atoms with Gasteiger partial charge in [0.1, 0.15) is 0 Å². The fourth-order valence-corrected chi connectivity index (χ4v) is 2.20. The van der Waals surface area contributed by atoms with Gasteiger partial charge in [0.15, 0.2) is 6.29 Å². The molecule has 86 valence electrons. The van der Waals surface area contributed by atoms with E-state index in [2.05, 4.69) is 4.74 Å². The van der Waals surface area contributed by atoms with E-state index in [1.54, 1.807) is 17.4 Å². The number of esters is 1. The van der Waals surface area contributed by atoms with E-state index in [1.165, 1.54) is 13.2 Å². The van der Waals surface area contributed by atoms with Crippen LogP contribution < -0.4 is 0 Å². The molecule has 1 aromatic rings. The molecule has 1 fully saturated rings. The van der Waals surface area contributed by atoms with Crippen molar-refractivity contribution in [2.24, 2.45) is 0 Å². The monoisotopic (exact) mass is 240 g/mol. The fraction of sp³-hybridized carbons (Fsp3) is 0.364. The number of carbonyl (C=O) groups excluding carboxylic acids is 1. The molecular formula is C11H12O4S. The zero-order valence-electron chi connectivity index (χ0n) is 8.84. The molecule has 0 atom stereocenters. The molecule has 0 radical (unpaired) electrons.